The molecular formula is C16H26. The largest absolute Gasteiger partial charge is 0.0888 e. The molecule has 0 aromatic heterocycles. The summed E-state index contributed by atoms with van der Waals surface area (Å²) in [6.45, 7) is 6.81. The van der Waals surface area contributed by atoms with E-state index in [0.717, 1.165) is 11.8 Å². The lowest BCUT2D eigenvalue weighted by molar-refractivity contribution is 0.465. The third-order valence-electron chi connectivity index (χ3n) is 3.30. The number of allylic oxidation sites excluding steroid dienone is 6. The molecule has 0 heteroatoms. The molecule has 0 spiro atoms. The molecular weight excluding hydrogens is 192 g/mol. The fraction of sp³-hybridized carbons (Fsp3) is 0.625. The first-order valence-electron chi connectivity index (χ1n) is 6.76. The van der Waals surface area contributed by atoms with Gasteiger partial charge in [0, 0.05) is 0 Å². The van der Waals surface area contributed by atoms with Gasteiger partial charge in [-0.2, -0.15) is 0 Å². The van der Waals surface area contributed by atoms with Gasteiger partial charge in [-0.3, -0.25) is 0 Å². The van der Waals surface area contributed by atoms with Crippen LogP contribution in [0.5, 0.6) is 0 Å². The molecule has 0 aliphatic heterocycles. The maximum atomic E-state index is 2.44. The van der Waals surface area contributed by atoms with Crippen molar-refractivity contribution in [3.8, 4) is 0 Å². The lowest BCUT2D eigenvalue weighted by Crippen LogP contribution is -2.07. The van der Waals surface area contributed by atoms with Crippen LogP contribution in [0.25, 0.3) is 0 Å². The fourth-order valence-corrected chi connectivity index (χ4v) is 2.07. The van der Waals surface area contributed by atoms with E-state index in [0.29, 0.717) is 0 Å². The number of rotatable bonds is 6. The van der Waals surface area contributed by atoms with Crippen LogP contribution in [0, 0.1) is 11.8 Å². The van der Waals surface area contributed by atoms with Gasteiger partial charge in [-0.25, -0.2) is 0 Å². The van der Waals surface area contributed by atoms with Crippen molar-refractivity contribution in [2.75, 3.05) is 0 Å². The van der Waals surface area contributed by atoms with Crippen molar-refractivity contribution in [3.63, 3.8) is 0 Å². The van der Waals surface area contributed by atoms with Gasteiger partial charge in [0.1, 0.15) is 0 Å². The van der Waals surface area contributed by atoms with Crippen LogP contribution in [0.1, 0.15) is 52.9 Å². The van der Waals surface area contributed by atoms with Crippen molar-refractivity contribution in [1.82, 2.24) is 0 Å². The summed E-state index contributed by atoms with van der Waals surface area (Å²) in [4.78, 5) is 0. The zero-order valence-electron chi connectivity index (χ0n) is 11.1. The van der Waals surface area contributed by atoms with E-state index in [-0.39, 0.29) is 0 Å². The molecule has 0 nitrogen and oxygen atoms in total. The molecule has 0 fully saturated rings. The zero-order chi connectivity index (χ0) is 11.8. The summed E-state index contributed by atoms with van der Waals surface area (Å²) in [6.07, 6.45) is 17.9. The van der Waals surface area contributed by atoms with Crippen LogP contribution in [0.15, 0.2) is 36.0 Å². The van der Waals surface area contributed by atoms with E-state index in [4.69, 9.17) is 0 Å². The van der Waals surface area contributed by atoms with Crippen LogP contribution in [0.4, 0.5) is 0 Å². The molecule has 1 atom stereocenters. The summed E-state index contributed by atoms with van der Waals surface area (Å²) in [5, 5.41) is 0. The lowest BCUT2D eigenvalue weighted by Gasteiger charge is -2.19. The van der Waals surface area contributed by atoms with E-state index in [1.807, 2.05) is 0 Å². The second-order valence-corrected chi connectivity index (χ2v) is 5.05. The maximum absolute atomic E-state index is 2.44. The van der Waals surface area contributed by atoms with Crippen LogP contribution < -0.4 is 0 Å². The van der Waals surface area contributed by atoms with Crippen LogP contribution >= 0.6 is 0 Å². The Bertz CT molecular complexity index is 266. The third-order valence-corrected chi connectivity index (χ3v) is 3.30. The molecule has 1 rings (SSSR count). The van der Waals surface area contributed by atoms with Crippen molar-refractivity contribution in [2.45, 2.75) is 52.9 Å². The van der Waals surface area contributed by atoms with Crippen LogP contribution in [-0.2, 0) is 0 Å². The minimum absolute atomic E-state index is 0.767. The Morgan fingerprint density at radius 2 is 2.19 bits per heavy atom. The van der Waals surface area contributed by atoms with Gasteiger partial charge in [-0.1, -0.05) is 56.7 Å². The molecule has 1 aliphatic carbocycles. The molecule has 0 aromatic carbocycles. The monoisotopic (exact) mass is 218 g/mol. The highest BCUT2D eigenvalue weighted by molar-refractivity contribution is 5.23. The van der Waals surface area contributed by atoms with Crippen LogP contribution in [-0.4, -0.2) is 0 Å². The van der Waals surface area contributed by atoms with E-state index in [1.165, 1.54) is 32.1 Å². The SMILES string of the molecule is CC/C=C\CCCC1=CCC(C(C)C)C=C1. The Kier molecular flexibility index (Phi) is 6.22. The normalized spacial score (nSPS) is 20.8. The quantitative estimate of drug-likeness (QED) is 0.420. The first-order valence-corrected chi connectivity index (χ1v) is 6.76. The van der Waals surface area contributed by atoms with E-state index >= 15 is 0 Å². The second kappa shape index (κ2) is 7.49. The Labute approximate surface area is 101 Å². The highest BCUT2D eigenvalue weighted by Gasteiger charge is 2.11. The maximum Gasteiger partial charge on any atom is -0.0172 e. The van der Waals surface area contributed by atoms with Gasteiger partial charge in [0.15, 0.2) is 0 Å². The van der Waals surface area contributed by atoms with Crippen LogP contribution in [0.3, 0.4) is 0 Å². The van der Waals surface area contributed by atoms with E-state index in [2.05, 4.69) is 51.2 Å². The molecule has 0 heterocycles. The lowest BCUT2D eigenvalue weighted by atomic mass is 9.87. The molecule has 0 amide bonds. The molecule has 0 saturated carbocycles. The molecule has 0 saturated heterocycles. The predicted molar refractivity (Wildman–Crippen MR) is 73.5 cm³/mol. The highest BCUT2D eigenvalue weighted by atomic mass is 14.2. The molecule has 0 radical (unpaired) electrons. The van der Waals surface area contributed by atoms with E-state index in [9.17, 15) is 0 Å². The van der Waals surface area contributed by atoms with Crippen molar-refractivity contribution >= 4 is 0 Å². The first kappa shape index (κ1) is 13.3. The number of unbranched alkanes of at least 4 members (excludes halogenated alkanes) is 1. The number of hydrogen-bond acceptors (Lipinski definition) is 0. The molecule has 90 valence electrons. The van der Waals surface area contributed by atoms with E-state index in [1.54, 1.807) is 5.57 Å². The summed E-state index contributed by atoms with van der Waals surface area (Å²) in [7, 11) is 0. The van der Waals surface area contributed by atoms with Gasteiger partial charge < -0.3 is 0 Å². The topological polar surface area (TPSA) is 0 Å². The molecule has 1 aliphatic rings. The molecule has 0 aromatic rings. The Balaban J connectivity index is 2.21. The van der Waals surface area contributed by atoms with Gasteiger partial charge in [0.05, 0.1) is 0 Å². The average molecular weight is 218 g/mol. The van der Waals surface area contributed by atoms with Crippen molar-refractivity contribution in [3.05, 3.63) is 36.0 Å². The minimum atomic E-state index is 0.767. The smallest absolute Gasteiger partial charge is 0.0172 e. The Hall–Kier alpha value is -0.780. The van der Waals surface area contributed by atoms with Crippen molar-refractivity contribution < 1.29 is 0 Å². The summed E-state index contributed by atoms with van der Waals surface area (Å²) in [6, 6.07) is 0. The average Bonchev–Trinajstić information content (AvgIpc) is 2.29. The van der Waals surface area contributed by atoms with Gasteiger partial charge in [-0.05, 0) is 43.9 Å². The van der Waals surface area contributed by atoms with Crippen LogP contribution in [0.2, 0.25) is 0 Å². The molecule has 0 bridgehead atoms. The van der Waals surface area contributed by atoms with Gasteiger partial charge in [0.25, 0.3) is 0 Å². The summed E-state index contributed by atoms with van der Waals surface area (Å²) in [5.41, 5.74) is 1.54. The Morgan fingerprint density at radius 1 is 1.38 bits per heavy atom. The zero-order valence-corrected chi connectivity index (χ0v) is 11.1. The predicted octanol–water partition coefficient (Wildman–Crippen LogP) is 5.28. The minimum Gasteiger partial charge on any atom is -0.0888 e. The van der Waals surface area contributed by atoms with Crippen molar-refractivity contribution in [2.24, 2.45) is 11.8 Å². The first-order chi connectivity index (χ1) is 7.74. The molecule has 1 unspecified atom stereocenters. The molecule has 0 N–H and O–H groups in total. The van der Waals surface area contributed by atoms with Gasteiger partial charge in [-0.15, -0.1) is 0 Å². The second-order valence-electron chi connectivity index (χ2n) is 5.05. The highest BCUT2D eigenvalue weighted by Crippen LogP contribution is 2.25. The Morgan fingerprint density at radius 3 is 2.75 bits per heavy atom. The summed E-state index contributed by atoms with van der Waals surface area (Å²) < 4.78 is 0. The van der Waals surface area contributed by atoms with E-state index < -0.39 is 0 Å². The fourth-order valence-electron chi connectivity index (χ4n) is 2.07. The van der Waals surface area contributed by atoms with Gasteiger partial charge in [0.2, 0.25) is 0 Å². The molecule has 16 heavy (non-hydrogen) atoms. The van der Waals surface area contributed by atoms with Gasteiger partial charge >= 0.3 is 0 Å². The standard InChI is InChI=1S/C16H26/c1-4-5-6-7-8-9-15-10-12-16(13-11-15)14(2)3/h5-6,10-12,14,16H,4,7-9,13H2,1-3H3/b6-5-. The number of hydrogen-bond donors (Lipinski definition) is 0. The third kappa shape index (κ3) is 4.83. The van der Waals surface area contributed by atoms with Crippen molar-refractivity contribution in [1.29, 1.82) is 0 Å². The summed E-state index contributed by atoms with van der Waals surface area (Å²) in [5.74, 6) is 1.55. The summed E-state index contributed by atoms with van der Waals surface area (Å²) >= 11 is 0.